The first-order chi connectivity index (χ1) is 8.25. The van der Waals surface area contributed by atoms with Crippen LogP contribution in [0.5, 0.6) is 0 Å². The predicted molar refractivity (Wildman–Crippen MR) is 61.1 cm³/mol. The van der Waals surface area contributed by atoms with Crippen molar-refractivity contribution in [2.24, 2.45) is 0 Å². The van der Waals surface area contributed by atoms with Crippen molar-refractivity contribution in [3.8, 4) is 0 Å². The van der Waals surface area contributed by atoms with E-state index >= 15 is 0 Å². The van der Waals surface area contributed by atoms with Gasteiger partial charge in [0.2, 0.25) is 5.91 Å². The smallest absolute Gasteiger partial charge is 0.252 e. The molecule has 1 aromatic rings. The number of anilines is 1. The lowest BCUT2D eigenvalue weighted by Crippen LogP contribution is -2.36. The van der Waals surface area contributed by atoms with Gasteiger partial charge in [0.05, 0.1) is 6.42 Å². The number of nitrogens with one attached hydrogen (secondary N) is 1. The molecule has 5 nitrogen and oxygen atoms in total. The molecule has 2 amide bonds. The van der Waals surface area contributed by atoms with E-state index in [4.69, 9.17) is 0 Å². The maximum Gasteiger partial charge on any atom is 0.252 e. The van der Waals surface area contributed by atoms with Gasteiger partial charge < -0.3 is 5.32 Å². The van der Waals surface area contributed by atoms with E-state index in [0.29, 0.717) is 5.82 Å². The van der Waals surface area contributed by atoms with Crippen LogP contribution in [0, 0.1) is 0 Å². The Kier molecular flexibility index (Phi) is 2.31. The monoisotopic (exact) mass is 231 g/mol. The number of hydrogen-bond acceptors (Lipinski definition) is 4. The molecule has 0 radical (unpaired) electrons. The summed E-state index contributed by atoms with van der Waals surface area (Å²) in [7, 11) is 0. The van der Waals surface area contributed by atoms with Crippen LogP contribution < -0.4 is 5.32 Å². The van der Waals surface area contributed by atoms with E-state index in [1.54, 1.807) is 12.3 Å². The number of amides is 2. The van der Waals surface area contributed by atoms with E-state index in [9.17, 15) is 9.59 Å². The zero-order chi connectivity index (χ0) is 11.8. The Balaban J connectivity index is 1.73. The van der Waals surface area contributed by atoms with Crippen LogP contribution in [0.25, 0.3) is 0 Å². The fourth-order valence-corrected chi connectivity index (χ4v) is 2.11. The summed E-state index contributed by atoms with van der Waals surface area (Å²) in [4.78, 5) is 29.2. The Morgan fingerprint density at radius 2 is 2.12 bits per heavy atom. The molecule has 2 heterocycles. The van der Waals surface area contributed by atoms with Gasteiger partial charge in [0.25, 0.3) is 5.91 Å². The molecule has 1 aliphatic carbocycles. The highest BCUT2D eigenvalue weighted by Gasteiger charge is 2.46. The second-order valence-corrected chi connectivity index (χ2v) is 4.45. The van der Waals surface area contributed by atoms with Crippen molar-refractivity contribution in [3.63, 3.8) is 0 Å². The Hall–Kier alpha value is -1.91. The summed E-state index contributed by atoms with van der Waals surface area (Å²) in [6.07, 6.45) is 3.80. The van der Waals surface area contributed by atoms with Gasteiger partial charge in [0.1, 0.15) is 11.9 Å². The maximum absolute atomic E-state index is 12.0. The van der Waals surface area contributed by atoms with Gasteiger partial charge in [0, 0.05) is 12.2 Å². The first-order valence-electron chi connectivity index (χ1n) is 5.79. The predicted octanol–water partition coefficient (Wildman–Crippen LogP) is 0.783. The fraction of sp³-hybridized carbons (Fsp3) is 0.417. The average molecular weight is 231 g/mol. The number of imide groups is 1. The Morgan fingerprint density at radius 3 is 2.76 bits per heavy atom. The maximum atomic E-state index is 12.0. The van der Waals surface area contributed by atoms with Crippen molar-refractivity contribution in [1.82, 2.24) is 9.88 Å². The van der Waals surface area contributed by atoms with Crippen molar-refractivity contribution in [2.45, 2.75) is 31.3 Å². The third-order valence-corrected chi connectivity index (χ3v) is 3.08. The molecule has 1 saturated heterocycles. The van der Waals surface area contributed by atoms with Crippen LogP contribution in [0.1, 0.15) is 19.3 Å². The highest BCUT2D eigenvalue weighted by molar-refractivity contribution is 6.07. The number of likely N-dealkylation sites (tertiary alicyclic amines) is 1. The molecule has 2 fully saturated rings. The number of aromatic nitrogens is 1. The molecule has 1 saturated carbocycles. The second-order valence-electron chi connectivity index (χ2n) is 4.45. The van der Waals surface area contributed by atoms with Gasteiger partial charge >= 0.3 is 0 Å². The molecule has 1 aliphatic heterocycles. The number of pyridine rings is 1. The van der Waals surface area contributed by atoms with E-state index in [1.165, 1.54) is 4.90 Å². The van der Waals surface area contributed by atoms with Gasteiger partial charge in [0.15, 0.2) is 0 Å². The SMILES string of the molecule is O=C1CC(Nc2ccccn2)C(=O)N1C1CC1. The van der Waals surface area contributed by atoms with E-state index in [-0.39, 0.29) is 24.3 Å². The van der Waals surface area contributed by atoms with Gasteiger partial charge in [-0.1, -0.05) is 6.07 Å². The summed E-state index contributed by atoms with van der Waals surface area (Å²) >= 11 is 0. The van der Waals surface area contributed by atoms with Crippen molar-refractivity contribution in [2.75, 3.05) is 5.32 Å². The normalized spacial score (nSPS) is 24.2. The van der Waals surface area contributed by atoms with Crippen molar-refractivity contribution in [1.29, 1.82) is 0 Å². The van der Waals surface area contributed by atoms with E-state index in [2.05, 4.69) is 10.3 Å². The minimum Gasteiger partial charge on any atom is -0.358 e. The van der Waals surface area contributed by atoms with Gasteiger partial charge in [-0.2, -0.15) is 0 Å². The largest absolute Gasteiger partial charge is 0.358 e. The summed E-state index contributed by atoms with van der Waals surface area (Å²) in [5.41, 5.74) is 0. The van der Waals surface area contributed by atoms with Gasteiger partial charge in [-0.25, -0.2) is 4.98 Å². The minimum absolute atomic E-state index is 0.0640. The molecular weight excluding hydrogens is 218 g/mol. The molecule has 3 rings (SSSR count). The molecule has 5 heteroatoms. The van der Waals surface area contributed by atoms with Gasteiger partial charge in [-0.3, -0.25) is 14.5 Å². The van der Waals surface area contributed by atoms with Crippen molar-refractivity contribution in [3.05, 3.63) is 24.4 Å². The molecule has 88 valence electrons. The minimum atomic E-state index is -0.446. The summed E-state index contributed by atoms with van der Waals surface area (Å²) in [5.74, 6) is 0.463. The summed E-state index contributed by atoms with van der Waals surface area (Å²) < 4.78 is 0. The Labute approximate surface area is 98.8 Å². The van der Waals surface area contributed by atoms with E-state index in [1.807, 2.05) is 12.1 Å². The third-order valence-electron chi connectivity index (χ3n) is 3.08. The van der Waals surface area contributed by atoms with Gasteiger partial charge in [-0.15, -0.1) is 0 Å². The summed E-state index contributed by atoms with van der Waals surface area (Å²) in [6.45, 7) is 0. The molecule has 0 aromatic carbocycles. The lowest BCUT2D eigenvalue weighted by Gasteiger charge is -2.14. The highest BCUT2D eigenvalue weighted by atomic mass is 16.2. The first kappa shape index (κ1) is 10.3. The van der Waals surface area contributed by atoms with Crippen molar-refractivity contribution >= 4 is 17.6 Å². The number of hydrogen-bond donors (Lipinski definition) is 1. The van der Waals surface area contributed by atoms with Crippen LogP contribution in [-0.4, -0.2) is 33.8 Å². The lowest BCUT2D eigenvalue weighted by atomic mass is 10.2. The van der Waals surface area contributed by atoms with Crippen LogP contribution >= 0.6 is 0 Å². The fourth-order valence-electron chi connectivity index (χ4n) is 2.11. The Bertz CT molecular complexity index is 456. The number of carbonyl (C=O) groups is 2. The molecule has 1 aromatic heterocycles. The number of carbonyl (C=O) groups excluding carboxylic acids is 2. The summed E-state index contributed by atoms with van der Waals surface area (Å²) in [6, 6.07) is 5.15. The van der Waals surface area contributed by atoms with E-state index in [0.717, 1.165) is 12.8 Å². The number of nitrogens with zero attached hydrogens (tertiary/aromatic N) is 2. The van der Waals surface area contributed by atoms with Crippen LogP contribution in [-0.2, 0) is 9.59 Å². The van der Waals surface area contributed by atoms with Crippen LogP contribution in [0.3, 0.4) is 0 Å². The highest BCUT2D eigenvalue weighted by Crippen LogP contribution is 2.32. The first-order valence-corrected chi connectivity index (χ1v) is 5.79. The zero-order valence-corrected chi connectivity index (χ0v) is 9.30. The van der Waals surface area contributed by atoms with Crippen LogP contribution in [0.4, 0.5) is 5.82 Å². The second kappa shape index (κ2) is 3.84. The molecule has 2 aliphatic rings. The molecule has 1 atom stereocenters. The molecule has 1 unspecified atom stereocenters. The zero-order valence-electron chi connectivity index (χ0n) is 9.30. The molecule has 0 spiro atoms. The quantitative estimate of drug-likeness (QED) is 0.781. The number of rotatable bonds is 3. The van der Waals surface area contributed by atoms with Crippen LogP contribution in [0.2, 0.25) is 0 Å². The van der Waals surface area contributed by atoms with Crippen LogP contribution in [0.15, 0.2) is 24.4 Å². The average Bonchev–Trinajstić information content (AvgIpc) is 3.10. The van der Waals surface area contributed by atoms with E-state index < -0.39 is 6.04 Å². The molecular formula is C12H13N3O2. The molecule has 1 N–H and O–H groups in total. The Morgan fingerprint density at radius 1 is 1.29 bits per heavy atom. The standard InChI is InChI=1S/C12H13N3O2/c16-11-7-9(12(17)15(11)8-4-5-8)14-10-3-1-2-6-13-10/h1-3,6,8-9H,4-5,7H2,(H,13,14). The molecule has 17 heavy (non-hydrogen) atoms. The molecule has 0 bridgehead atoms. The van der Waals surface area contributed by atoms with Crippen molar-refractivity contribution < 1.29 is 9.59 Å². The summed E-state index contributed by atoms with van der Waals surface area (Å²) in [5, 5.41) is 3.01. The van der Waals surface area contributed by atoms with Gasteiger partial charge in [-0.05, 0) is 25.0 Å². The topological polar surface area (TPSA) is 62.3 Å². The third kappa shape index (κ3) is 1.88. The lowest BCUT2D eigenvalue weighted by molar-refractivity contribution is -0.139.